The summed E-state index contributed by atoms with van der Waals surface area (Å²) in [6.07, 6.45) is 3.07. The molecule has 0 unspecified atom stereocenters. The molecule has 1 aromatic heterocycles. The molecule has 1 aliphatic carbocycles. The summed E-state index contributed by atoms with van der Waals surface area (Å²) in [5, 5.41) is 0. The zero-order valence-corrected chi connectivity index (χ0v) is 9.90. The van der Waals surface area contributed by atoms with Crippen molar-refractivity contribution < 1.29 is 4.42 Å². The van der Waals surface area contributed by atoms with Gasteiger partial charge >= 0.3 is 5.76 Å². The number of hydrogen-bond acceptors (Lipinski definition) is 3. The number of rotatable bonds is 3. The first-order valence-electron chi connectivity index (χ1n) is 6.02. The van der Waals surface area contributed by atoms with E-state index in [9.17, 15) is 4.79 Å². The van der Waals surface area contributed by atoms with E-state index in [2.05, 4.69) is 0 Å². The molecule has 2 N–H and O–H groups in total. The monoisotopic (exact) mass is 232 g/mol. The normalized spacial score (nSPS) is 17.5. The van der Waals surface area contributed by atoms with Crippen LogP contribution in [-0.2, 0) is 13.0 Å². The van der Waals surface area contributed by atoms with Crippen LogP contribution >= 0.6 is 0 Å². The van der Waals surface area contributed by atoms with Gasteiger partial charge in [-0.1, -0.05) is 6.07 Å². The van der Waals surface area contributed by atoms with Crippen molar-refractivity contribution in [2.45, 2.75) is 38.3 Å². The maximum absolute atomic E-state index is 11.6. The van der Waals surface area contributed by atoms with E-state index in [1.807, 2.05) is 25.1 Å². The number of oxazole rings is 1. The molecule has 0 spiro atoms. The van der Waals surface area contributed by atoms with Crippen LogP contribution in [0.3, 0.4) is 0 Å². The van der Waals surface area contributed by atoms with Gasteiger partial charge in [-0.05, 0) is 43.9 Å². The Balaban J connectivity index is 2.07. The Bertz CT molecular complexity index is 620. The van der Waals surface area contributed by atoms with Crippen LogP contribution in [0.1, 0.15) is 25.3 Å². The van der Waals surface area contributed by atoms with E-state index in [4.69, 9.17) is 10.2 Å². The summed E-state index contributed by atoms with van der Waals surface area (Å²) in [6.45, 7) is 2.57. The molecule has 17 heavy (non-hydrogen) atoms. The number of benzene rings is 1. The second kappa shape index (κ2) is 3.47. The maximum atomic E-state index is 11.6. The Morgan fingerprint density at radius 3 is 2.88 bits per heavy atom. The maximum Gasteiger partial charge on any atom is 0.419 e. The molecule has 1 fully saturated rings. The predicted molar refractivity (Wildman–Crippen MR) is 66.0 cm³/mol. The van der Waals surface area contributed by atoms with Crippen LogP contribution in [0.15, 0.2) is 27.4 Å². The number of hydrogen-bond donors (Lipinski definition) is 1. The molecule has 1 heterocycles. The SMILES string of the molecule is CCn1c(=O)oc2ccc(CC3(N)CC3)cc21. The van der Waals surface area contributed by atoms with Gasteiger partial charge in [0.2, 0.25) is 0 Å². The lowest BCUT2D eigenvalue weighted by molar-refractivity contribution is 0.513. The van der Waals surface area contributed by atoms with Gasteiger partial charge in [-0.2, -0.15) is 0 Å². The average Bonchev–Trinajstić information content (AvgIpc) is 2.91. The third kappa shape index (κ3) is 1.78. The summed E-state index contributed by atoms with van der Waals surface area (Å²) in [5.74, 6) is -0.284. The van der Waals surface area contributed by atoms with Crippen LogP contribution in [-0.4, -0.2) is 10.1 Å². The number of aryl methyl sites for hydroxylation is 1. The first kappa shape index (κ1) is 10.6. The van der Waals surface area contributed by atoms with Crippen molar-refractivity contribution in [2.75, 3.05) is 0 Å². The fraction of sp³-hybridized carbons (Fsp3) is 0.462. The van der Waals surface area contributed by atoms with Crippen LogP contribution < -0.4 is 11.5 Å². The van der Waals surface area contributed by atoms with Gasteiger partial charge in [0.15, 0.2) is 5.58 Å². The number of fused-ring (bicyclic) bond motifs is 1. The van der Waals surface area contributed by atoms with Crippen molar-refractivity contribution in [1.82, 2.24) is 4.57 Å². The molecular weight excluding hydrogens is 216 g/mol. The molecular formula is C13H16N2O2. The zero-order valence-electron chi connectivity index (χ0n) is 9.90. The van der Waals surface area contributed by atoms with E-state index in [1.54, 1.807) is 4.57 Å². The minimum Gasteiger partial charge on any atom is -0.408 e. The third-order valence-electron chi connectivity index (χ3n) is 3.50. The van der Waals surface area contributed by atoms with Crippen molar-refractivity contribution in [3.05, 3.63) is 34.3 Å². The van der Waals surface area contributed by atoms with Crippen molar-refractivity contribution >= 4 is 11.1 Å². The van der Waals surface area contributed by atoms with Crippen LogP contribution in [0.25, 0.3) is 11.1 Å². The summed E-state index contributed by atoms with van der Waals surface area (Å²) in [6, 6.07) is 5.89. The molecule has 3 rings (SSSR count). The molecule has 0 amide bonds. The van der Waals surface area contributed by atoms with E-state index < -0.39 is 0 Å². The van der Waals surface area contributed by atoms with Crippen LogP contribution in [0, 0.1) is 0 Å². The molecule has 0 saturated heterocycles. The van der Waals surface area contributed by atoms with Gasteiger partial charge in [-0.3, -0.25) is 4.57 Å². The minimum atomic E-state index is -0.284. The van der Waals surface area contributed by atoms with E-state index in [1.165, 1.54) is 5.56 Å². The van der Waals surface area contributed by atoms with Crippen molar-refractivity contribution in [3.63, 3.8) is 0 Å². The van der Waals surface area contributed by atoms with Gasteiger partial charge in [0.05, 0.1) is 5.52 Å². The zero-order chi connectivity index (χ0) is 12.0. The van der Waals surface area contributed by atoms with E-state index in [0.717, 1.165) is 24.8 Å². The first-order valence-corrected chi connectivity index (χ1v) is 6.02. The van der Waals surface area contributed by atoms with E-state index >= 15 is 0 Å². The van der Waals surface area contributed by atoms with Gasteiger partial charge in [0, 0.05) is 12.1 Å². The summed E-state index contributed by atoms with van der Waals surface area (Å²) in [4.78, 5) is 11.6. The fourth-order valence-electron chi connectivity index (χ4n) is 2.26. The van der Waals surface area contributed by atoms with Crippen LogP contribution in [0.4, 0.5) is 0 Å². The number of nitrogens with two attached hydrogens (primary N) is 1. The minimum absolute atomic E-state index is 0.00521. The third-order valence-corrected chi connectivity index (χ3v) is 3.50. The molecule has 4 heteroatoms. The molecule has 0 atom stereocenters. The molecule has 1 aromatic carbocycles. The molecule has 0 radical (unpaired) electrons. The lowest BCUT2D eigenvalue weighted by Gasteiger charge is -2.08. The Morgan fingerprint density at radius 2 is 2.24 bits per heavy atom. The van der Waals surface area contributed by atoms with Crippen molar-refractivity contribution in [3.8, 4) is 0 Å². The molecule has 1 saturated carbocycles. The van der Waals surface area contributed by atoms with Gasteiger partial charge in [-0.15, -0.1) is 0 Å². The lowest BCUT2D eigenvalue weighted by Crippen LogP contribution is -2.24. The highest BCUT2D eigenvalue weighted by molar-refractivity contribution is 5.73. The van der Waals surface area contributed by atoms with Crippen molar-refractivity contribution in [2.24, 2.45) is 5.73 Å². The predicted octanol–water partition coefficient (Wildman–Crippen LogP) is 1.65. The Morgan fingerprint density at radius 1 is 1.47 bits per heavy atom. The Hall–Kier alpha value is -1.55. The van der Waals surface area contributed by atoms with Crippen LogP contribution in [0.2, 0.25) is 0 Å². The highest BCUT2D eigenvalue weighted by atomic mass is 16.4. The Labute approximate surface area is 99.0 Å². The first-order chi connectivity index (χ1) is 8.11. The fourth-order valence-corrected chi connectivity index (χ4v) is 2.26. The number of aromatic nitrogens is 1. The molecule has 0 aliphatic heterocycles. The van der Waals surface area contributed by atoms with Crippen molar-refractivity contribution in [1.29, 1.82) is 0 Å². The quantitative estimate of drug-likeness (QED) is 0.875. The highest BCUT2D eigenvalue weighted by Gasteiger charge is 2.37. The second-order valence-electron chi connectivity index (χ2n) is 4.95. The molecule has 1 aliphatic rings. The number of nitrogens with zero attached hydrogens (tertiary/aromatic N) is 1. The molecule has 4 nitrogen and oxygen atoms in total. The van der Waals surface area contributed by atoms with E-state index in [0.29, 0.717) is 12.1 Å². The van der Waals surface area contributed by atoms with Gasteiger partial charge in [0.1, 0.15) is 0 Å². The summed E-state index contributed by atoms with van der Waals surface area (Å²) >= 11 is 0. The summed E-state index contributed by atoms with van der Waals surface area (Å²) in [7, 11) is 0. The average molecular weight is 232 g/mol. The van der Waals surface area contributed by atoms with Crippen LogP contribution in [0.5, 0.6) is 0 Å². The Kier molecular flexibility index (Phi) is 2.16. The van der Waals surface area contributed by atoms with Gasteiger partial charge in [0.25, 0.3) is 0 Å². The lowest BCUT2D eigenvalue weighted by atomic mass is 10.0. The summed E-state index contributed by atoms with van der Waals surface area (Å²) in [5.41, 5.74) is 8.81. The second-order valence-corrected chi connectivity index (χ2v) is 4.95. The van der Waals surface area contributed by atoms with Gasteiger partial charge < -0.3 is 10.2 Å². The topological polar surface area (TPSA) is 61.2 Å². The van der Waals surface area contributed by atoms with Gasteiger partial charge in [-0.25, -0.2) is 4.79 Å². The standard InChI is InChI=1S/C13H16N2O2/c1-2-15-10-7-9(8-13(14)5-6-13)3-4-11(10)17-12(15)16/h3-4,7H,2,5-6,8,14H2,1H3. The van der Waals surface area contributed by atoms with E-state index in [-0.39, 0.29) is 11.3 Å². The molecule has 0 bridgehead atoms. The highest BCUT2D eigenvalue weighted by Crippen LogP contribution is 2.35. The molecule has 90 valence electrons. The largest absolute Gasteiger partial charge is 0.419 e. The smallest absolute Gasteiger partial charge is 0.408 e. The molecule has 2 aromatic rings. The summed E-state index contributed by atoms with van der Waals surface area (Å²) < 4.78 is 6.81.